The molecule has 0 spiro atoms. The zero-order chi connectivity index (χ0) is 26.2. The Kier molecular flexibility index (Phi) is 6.20. The van der Waals surface area contributed by atoms with Crippen LogP contribution >= 0.6 is 0 Å². The number of ether oxygens (including phenoxy) is 1. The number of carbonyl (C=O) groups is 1. The van der Waals surface area contributed by atoms with Crippen LogP contribution in [0.3, 0.4) is 0 Å². The molecule has 2 heterocycles. The molecule has 0 radical (unpaired) electrons. The van der Waals surface area contributed by atoms with Gasteiger partial charge in [0.15, 0.2) is 11.3 Å². The smallest absolute Gasteiger partial charge is 0.292 e. The van der Waals surface area contributed by atoms with Gasteiger partial charge in [-0.05, 0) is 67.4 Å². The average molecular weight is 507 g/mol. The maximum absolute atomic E-state index is 13.5. The van der Waals surface area contributed by atoms with E-state index in [1.807, 2.05) is 0 Å². The van der Waals surface area contributed by atoms with E-state index in [0.29, 0.717) is 46.6 Å². The fourth-order valence-electron chi connectivity index (χ4n) is 4.39. The second-order valence-electron chi connectivity index (χ2n) is 8.86. The van der Waals surface area contributed by atoms with Gasteiger partial charge < -0.3 is 15.8 Å². The van der Waals surface area contributed by atoms with Crippen LogP contribution in [0.1, 0.15) is 25.7 Å². The van der Waals surface area contributed by atoms with Gasteiger partial charge in [0.1, 0.15) is 5.75 Å². The minimum absolute atomic E-state index is 0.106. The van der Waals surface area contributed by atoms with E-state index in [0.717, 1.165) is 0 Å². The van der Waals surface area contributed by atoms with Crippen molar-refractivity contribution in [3.8, 4) is 22.7 Å². The molecule has 1 aliphatic rings. The van der Waals surface area contributed by atoms with Crippen molar-refractivity contribution in [2.75, 3.05) is 11.1 Å². The molecule has 1 fully saturated rings. The van der Waals surface area contributed by atoms with Gasteiger partial charge in [0, 0.05) is 24.1 Å². The Morgan fingerprint density at radius 3 is 2.49 bits per heavy atom. The topological polar surface area (TPSA) is 128 Å². The lowest BCUT2D eigenvalue weighted by molar-refractivity contribution is -0.111. The summed E-state index contributed by atoms with van der Waals surface area (Å²) in [7, 11) is 0. The van der Waals surface area contributed by atoms with Crippen molar-refractivity contribution in [1.29, 1.82) is 0 Å². The molecule has 0 aliphatic heterocycles. The molecular weight excluding hydrogens is 482 g/mol. The highest BCUT2D eigenvalue weighted by molar-refractivity contribution is 6.00. The quantitative estimate of drug-likeness (QED) is 0.332. The molecule has 1 saturated carbocycles. The molecule has 190 valence electrons. The third-order valence-corrected chi connectivity index (χ3v) is 6.29. The van der Waals surface area contributed by atoms with Gasteiger partial charge in [0.2, 0.25) is 11.8 Å². The normalized spacial score (nSPS) is 15.4. The van der Waals surface area contributed by atoms with Crippen LogP contribution in [0.5, 0.6) is 5.75 Å². The van der Waals surface area contributed by atoms with Crippen molar-refractivity contribution in [3.05, 3.63) is 71.5 Å². The fourth-order valence-corrected chi connectivity index (χ4v) is 4.39. The van der Waals surface area contributed by atoms with E-state index in [1.54, 1.807) is 53.2 Å². The number of fused-ring (bicyclic) bond motifs is 1. The van der Waals surface area contributed by atoms with Crippen molar-refractivity contribution in [2.45, 2.75) is 37.7 Å². The van der Waals surface area contributed by atoms with Gasteiger partial charge in [0.25, 0.3) is 5.56 Å². The number of alkyl halides is 2. The first-order chi connectivity index (χ1) is 17.7. The first kappa shape index (κ1) is 24.2. The van der Waals surface area contributed by atoms with Crippen molar-refractivity contribution in [2.24, 2.45) is 0 Å². The number of rotatable bonds is 6. The number of halogens is 2. The number of benzene rings is 2. The molecule has 4 aromatic rings. The molecule has 5 rings (SSSR count). The summed E-state index contributed by atoms with van der Waals surface area (Å²) in [6.07, 6.45) is 1.12. The number of hydrogen-bond donors (Lipinski definition) is 3. The minimum Gasteiger partial charge on any atom is -0.490 e. The Morgan fingerprint density at radius 1 is 1.16 bits per heavy atom. The molecule has 1 aliphatic carbocycles. The first-order valence-electron chi connectivity index (χ1n) is 11.7. The van der Waals surface area contributed by atoms with E-state index in [4.69, 9.17) is 10.5 Å². The Labute approximate surface area is 209 Å². The summed E-state index contributed by atoms with van der Waals surface area (Å²) in [5.41, 5.74) is 8.18. The van der Waals surface area contributed by atoms with Gasteiger partial charge in [-0.1, -0.05) is 6.58 Å². The molecular formula is C26H24F2N6O3. The van der Waals surface area contributed by atoms with Gasteiger partial charge >= 0.3 is 0 Å². The zero-order valence-corrected chi connectivity index (χ0v) is 19.7. The van der Waals surface area contributed by atoms with E-state index >= 15 is 0 Å². The van der Waals surface area contributed by atoms with Gasteiger partial charge in [-0.2, -0.15) is 10.2 Å². The summed E-state index contributed by atoms with van der Waals surface area (Å²) in [6.45, 7) is 3.44. The van der Waals surface area contributed by atoms with Crippen LogP contribution < -0.4 is 21.3 Å². The molecule has 37 heavy (non-hydrogen) atoms. The summed E-state index contributed by atoms with van der Waals surface area (Å²) in [6, 6.07) is 13.9. The molecule has 0 bridgehead atoms. The molecule has 2 aromatic heterocycles. The lowest BCUT2D eigenvalue weighted by Crippen LogP contribution is -2.30. The van der Waals surface area contributed by atoms with Gasteiger partial charge in [-0.3, -0.25) is 9.59 Å². The standard InChI is InChI=1S/C26H24F2N6O3/c1-2-20(35)30-16-5-7-17(8-6-16)34-23(21-22(33-34)25(36)32-31-24(21)29)15-3-9-18(10-4-15)37-19-11-13-26(27,28)14-12-19/h2-10,19H,1,11-14H2,(H2,29,31)(H,30,35)(H,32,36). The monoisotopic (exact) mass is 506 g/mol. The van der Waals surface area contributed by atoms with Crippen LogP contribution in [0.4, 0.5) is 20.3 Å². The molecule has 0 unspecified atom stereocenters. The van der Waals surface area contributed by atoms with E-state index in [9.17, 15) is 18.4 Å². The van der Waals surface area contributed by atoms with Crippen molar-refractivity contribution < 1.29 is 18.3 Å². The number of anilines is 2. The SMILES string of the molecule is C=CC(=O)Nc1ccc(-n2nc3c(=O)[nH]nc(N)c3c2-c2ccc(OC3CCC(F)(F)CC3)cc2)cc1. The Bertz CT molecular complexity index is 1520. The summed E-state index contributed by atoms with van der Waals surface area (Å²) < 4.78 is 34.4. The zero-order valence-electron chi connectivity index (χ0n) is 19.7. The van der Waals surface area contributed by atoms with Crippen LogP contribution in [0.15, 0.2) is 66.0 Å². The van der Waals surface area contributed by atoms with Gasteiger partial charge in [0.05, 0.1) is 22.9 Å². The number of nitrogens with one attached hydrogen (secondary N) is 2. The third kappa shape index (κ3) is 4.92. The first-order valence-corrected chi connectivity index (χ1v) is 11.7. The van der Waals surface area contributed by atoms with Gasteiger partial charge in [-0.15, -0.1) is 0 Å². The van der Waals surface area contributed by atoms with Crippen LogP contribution in [0.25, 0.3) is 27.8 Å². The molecule has 9 nitrogen and oxygen atoms in total. The summed E-state index contributed by atoms with van der Waals surface area (Å²) >= 11 is 0. The van der Waals surface area contributed by atoms with Crippen LogP contribution in [-0.4, -0.2) is 37.9 Å². The van der Waals surface area contributed by atoms with E-state index in [-0.39, 0.29) is 36.2 Å². The second kappa shape index (κ2) is 9.49. The highest BCUT2D eigenvalue weighted by Crippen LogP contribution is 2.36. The maximum atomic E-state index is 13.5. The number of nitrogens with zero attached hydrogens (tertiary/aromatic N) is 3. The number of carbonyl (C=O) groups excluding carboxylic acids is 1. The number of hydrogen-bond acceptors (Lipinski definition) is 6. The average Bonchev–Trinajstić information content (AvgIpc) is 3.30. The highest BCUT2D eigenvalue weighted by atomic mass is 19.3. The van der Waals surface area contributed by atoms with Crippen molar-refractivity contribution in [1.82, 2.24) is 20.0 Å². The third-order valence-electron chi connectivity index (χ3n) is 6.29. The largest absolute Gasteiger partial charge is 0.490 e. The molecule has 0 saturated heterocycles. The predicted octanol–water partition coefficient (Wildman–Crippen LogP) is 4.44. The summed E-state index contributed by atoms with van der Waals surface area (Å²) in [5.74, 6) is -2.30. The number of amides is 1. The van der Waals surface area contributed by atoms with E-state index in [2.05, 4.69) is 27.2 Å². The minimum atomic E-state index is -2.62. The van der Waals surface area contributed by atoms with Gasteiger partial charge in [-0.25, -0.2) is 18.6 Å². The maximum Gasteiger partial charge on any atom is 0.292 e. The number of aromatic amines is 1. The Balaban J connectivity index is 1.51. The van der Waals surface area contributed by atoms with E-state index in [1.165, 1.54) is 6.08 Å². The van der Waals surface area contributed by atoms with Crippen molar-refractivity contribution >= 4 is 28.3 Å². The number of nitrogen functional groups attached to an aromatic ring is 1. The van der Waals surface area contributed by atoms with Crippen LogP contribution in [-0.2, 0) is 4.79 Å². The molecule has 0 atom stereocenters. The fraction of sp³-hybridized carbons (Fsp3) is 0.231. The number of H-pyrrole nitrogens is 1. The lowest BCUT2D eigenvalue weighted by Gasteiger charge is -2.28. The molecule has 1 amide bonds. The molecule has 4 N–H and O–H groups in total. The molecule has 11 heteroatoms. The lowest BCUT2D eigenvalue weighted by atomic mass is 9.94. The predicted molar refractivity (Wildman–Crippen MR) is 136 cm³/mol. The van der Waals surface area contributed by atoms with Crippen LogP contribution in [0.2, 0.25) is 0 Å². The second-order valence-corrected chi connectivity index (χ2v) is 8.86. The van der Waals surface area contributed by atoms with Crippen molar-refractivity contribution in [3.63, 3.8) is 0 Å². The highest BCUT2D eigenvalue weighted by Gasteiger charge is 2.35. The van der Waals surface area contributed by atoms with Crippen LogP contribution in [0, 0.1) is 0 Å². The number of nitrogens with two attached hydrogens (primary N) is 1. The molecule has 2 aromatic carbocycles. The summed E-state index contributed by atoms with van der Waals surface area (Å²) in [5, 5.41) is 13.8. The Hall–Kier alpha value is -4.54. The summed E-state index contributed by atoms with van der Waals surface area (Å²) in [4.78, 5) is 24.1. The van der Waals surface area contributed by atoms with E-state index < -0.39 is 11.5 Å². The number of aromatic nitrogens is 4. The Morgan fingerprint density at radius 2 is 1.84 bits per heavy atom.